The van der Waals surface area contributed by atoms with Crippen LogP contribution in [0.2, 0.25) is 0 Å². The molecule has 1 aromatic carbocycles. The molecule has 0 amide bonds. The number of ether oxygens (including phenoxy) is 3. The fraction of sp³-hybridized carbons (Fsp3) is 0.524. The van der Waals surface area contributed by atoms with E-state index in [-0.39, 0.29) is 6.61 Å². The number of allylic oxidation sites excluding steroid dienone is 3. The highest BCUT2D eigenvalue weighted by Crippen LogP contribution is 2.53. The van der Waals surface area contributed by atoms with Crippen LogP contribution in [0.5, 0.6) is 0 Å². The summed E-state index contributed by atoms with van der Waals surface area (Å²) in [6.07, 6.45) is -9.00. The van der Waals surface area contributed by atoms with Crippen molar-refractivity contribution in [3.63, 3.8) is 0 Å². The summed E-state index contributed by atoms with van der Waals surface area (Å²) in [7, 11) is 0.960. The quantitative estimate of drug-likeness (QED) is 0.334. The predicted molar refractivity (Wildman–Crippen MR) is 98.2 cm³/mol. The molecule has 0 radical (unpaired) electrons. The van der Waals surface area contributed by atoms with Crippen molar-refractivity contribution < 1.29 is 40.6 Å². The van der Waals surface area contributed by atoms with Gasteiger partial charge < -0.3 is 14.2 Å². The molecule has 0 saturated carbocycles. The SMILES string of the molecule is CCCC1CC(C(OCOC)(C(F)(F)F)C(F)(F)F)=CC=C1OCc1ccccc1. The molecule has 0 aliphatic heterocycles. The van der Waals surface area contributed by atoms with E-state index in [1.54, 1.807) is 6.92 Å². The molecule has 1 aromatic rings. The zero-order chi connectivity index (χ0) is 22.4. The monoisotopic (exact) mass is 438 g/mol. The minimum atomic E-state index is -5.72. The van der Waals surface area contributed by atoms with Gasteiger partial charge in [0.15, 0.2) is 0 Å². The van der Waals surface area contributed by atoms with Gasteiger partial charge in [0.2, 0.25) is 0 Å². The summed E-state index contributed by atoms with van der Waals surface area (Å²) in [5.74, 6) is -0.275. The molecule has 1 aliphatic rings. The van der Waals surface area contributed by atoms with E-state index in [9.17, 15) is 26.3 Å². The average molecular weight is 438 g/mol. The number of halogens is 6. The highest BCUT2D eigenvalue weighted by atomic mass is 19.4. The van der Waals surface area contributed by atoms with Crippen LogP contribution in [-0.2, 0) is 20.8 Å². The summed E-state index contributed by atoms with van der Waals surface area (Å²) in [6, 6.07) is 9.08. The molecule has 0 spiro atoms. The third-order valence-corrected chi connectivity index (χ3v) is 4.85. The summed E-state index contributed by atoms with van der Waals surface area (Å²) < 4.78 is 97.0. The first-order valence-electron chi connectivity index (χ1n) is 9.41. The molecule has 0 heterocycles. The first-order valence-corrected chi connectivity index (χ1v) is 9.41. The van der Waals surface area contributed by atoms with Crippen molar-refractivity contribution >= 4 is 0 Å². The van der Waals surface area contributed by atoms with Gasteiger partial charge in [-0.25, -0.2) is 0 Å². The molecule has 1 unspecified atom stereocenters. The third-order valence-electron chi connectivity index (χ3n) is 4.85. The fourth-order valence-corrected chi connectivity index (χ4v) is 3.44. The number of hydrogen-bond acceptors (Lipinski definition) is 3. The van der Waals surface area contributed by atoms with Crippen LogP contribution in [0, 0.1) is 5.92 Å². The lowest BCUT2D eigenvalue weighted by Crippen LogP contribution is -2.60. The smallest absolute Gasteiger partial charge is 0.430 e. The van der Waals surface area contributed by atoms with E-state index in [1.807, 2.05) is 30.3 Å². The molecule has 0 saturated heterocycles. The van der Waals surface area contributed by atoms with Crippen LogP contribution in [0.4, 0.5) is 26.3 Å². The molecule has 3 nitrogen and oxygen atoms in total. The molecule has 0 N–H and O–H groups in total. The normalized spacial score (nSPS) is 18.1. The first kappa shape index (κ1) is 24.3. The second-order valence-corrected chi connectivity index (χ2v) is 6.95. The van der Waals surface area contributed by atoms with E-state index in [4.69, 9.17) is 4.74 Å². The van der Waals surface area contributed by atoms with Gasteiger partial charge in [-0.05, 0) is 30.1 Å². The van der Waals surface area contributed by atoms with E-state index in [0.29, 0.717) is 18.6 Å². The zero-order valence-electron chi connectivity index (χ0n) is 16.6. The Bertz CT molecular complexity index is 723. The molecular formula is C21H24F6O3. The Hall–Kier alpha value is -2.00. The van der Waals surface area contributed by atoms with Gasteiger partial charge in [0, 0.05) is 13.0 Å². The Morgan fingerprint density at radius 3 is 2.13 bits per heavy atom. The maximum absolute atomic E-state index is 13.8. The number of benzene rings is 1. The van der Waals surface area contributed by atoms with Gasteiger partial charge in [0.25, 0.3) is 5.60 Å². The van der Waals surface area contributed by atoms with Crippen LogP contribution < -0.4 is 0 Å². The largest absolute Gasteiger partial charge is 0.493 e. The van der Waals surface area contributed by atoms with E-state index >= 15 is 0 Å². The lowest BCUT2D eigenvalue weighted by molar-refractivity contribution is -0.377. The van der Waals surface area contributed by atoms with Gasteiger partial charge in [0.05, 0.1) is 5.76 Å². The molecule has 9 heteroatoms. The van der Waals surface area contributed by atoms with E-state index in [0.717, 1.165) is 18.7 Å². The average Bonchev–Trinajstić information content (AvgIpc) is 2.67. The van der Waals surface area contributed by atoms with Crippen LogP contribution in [0.15, 0.2) is 53.8 Å². The van der Waals surface area contributed by atoms with E-state index in [2.05, 4.69) is 9.47 Å². The van der Waals surface area contributed by atoms with Crippen molar-refractivity contribution in [2.45, 2.75) is 50.7 Å². The van der Waals surface area contributed by atoms with Crippen molar-refractivity contribution in [1.82, 2.24) is 0 Å². The Kier molecular flexibility index (Phi) is 7.99. The van der Waals surface area contributed by atoms with Crippen LogP contribution in [0.25, 0.3) is 0 Å². The summed E-state index contributed by atoms with van der Waals surface area (Å²) in [4.78, 5) is 0. The van der Waals surface area contributed by atoms with Crippen molar-refractivity contribution in [3.8, 4) is 0 Å². The summed E-state index contributed by atoms with van der Waals surface area (Å²) in [6.45, 7) is 0.810. The minimum absolute atomic E-state index is 0.167. The van der Waals surface area contributed by atoms with E-state index < -0.39 is 42.7 Å². The van der Waals surface area contributed by atoms with Crippen LogP contribution in [0.3, 0.4) is 0 Å². The van der Waals surface area contributed by atoms with Gasteiger partial charge in [-0.3, -0.25) is 0 Å². The number of alkyl halides is 6. The molecule has 2 rings (SSSR count). The second kappa shape index (κ2) is 9.87. The van der Waals surface area contributed by atoms with Gasteiger partial charge in [-0.15, -0.1) is 0 Å². The fourth-order valence-electron chi connectivity index (χ4n) is 3.44. The maximum atomic E-state index is 13.8. The van der Waals surface area contributed by atoms with Crippen molar-refractivity contribution in [2.75, 3.05) is 13.9 Å². The maximum Gasteiger partial charge on any atom is 0.430 e. The lowest BCUT2D eigenvalue weighted by Gasteiger charge is -2.40. The molecular weight excluding hydrogens is 414 g/mol. The first-order chi connectivity index (χ1) is 14.1. The highest BCUT2D eigenvalue weighted by Gasteiger charge is 2.74. The molecule has 0 fully saturated rings. The minimum Gasteiger partial charge on any atom is -0.493 e. The van der Waals surface area contributed by atoms with Crippen LogP contribution >= 0.6 is 0 Å². The number of hydrogen-bond donors (Lipinski definition) is 0. The van der Waals surface area contributed by atoms with Crippen molar-refractivity contribution in [3.05, 3.63) is 59.4 Å². The zero-order valence-corrected chi connectivity index (χ0v) is 16.6. The third kappa shape index (κ3) is 5.18. The van der Waals surface area contributed by atoms with Gasteiger partial charge in [0.1, 0.15) is 13.4 Å². The van der Waals surface area contributed by atoms with Crippen molar-refractivity contribution in [1.29, 1.82) is 0 Å². The summed E-state index contributed by atoms with van der Waals surface area (Å²) in [5, 5.41) is 0. The molecule has 0 bridgehead atoms. The Labute approximate surface area is 171 Å². The van der Waals surface area contributed by atoms with Crippen LogP contribution in [-0.4, -0.2) is 31.9 Å². The van der Waals surface area contributed by atoms with Gasteiger partial charge >= 0.3 is 12.4 Å². The Morgan fingerprint density at radius 1 is 0.967 bits per heavy atom. The topological polar surface area (TPSA) is 27.7 Å². The second-order valence-electron chi connectivity index (χ2n) is 6.95. The summed E-state index contributed by atoms with van der Waals surface area (Å²) in [5.41, 5.74) is -4.51. The van der Waals surface area contributed by atoms with Gasteiger partial charge in [-0.2, -0.15) is 26.3 Å². The van der Waals surface area contributed by atoms with E-state index in [1.165, 1.54) is 6.08 Å². The predicted octanol–water partition coefficient (Wildman–Crippen LogP) is 6.32. The molecule has 30 heavy (non-hydrogen) atoms. The lowest BCUT2D eigenvalue weighted by atomic mass is 9.79. The number of rotatable bonds is 9. The Morgan fingerprint density at radius 2 is 1.60 bits per heavy atom. The molecule has 0 aromatic heterocycles. The molecule has 1 aliphatic carbocycles. The summed E-state index contributed by atoms with van der Waals surface area (Å²) >= 11 is 0. The Balaban J connectivity index is 2.41. The number of methoxy groups -OCH3 is 1. The standard InChI is InChI=1S/C21H24F6O3/c1-3-7-16-12-17(10-11-18(16)29-13-15-8-5-4-6-9-15)19(20(22,23)24,21(25,26)27)30-14-28-2/h4-6,8-11,16H,3,7,12-14H2,1-2H3. The molecule has 1 atom stereocenters. The highest BCUT2D eigenvalue weighted by molar-refractivity contribution is 5.34. The van der Waals surface area contributed by atoms with Crippen LogP contribution in [0.1, 0.15) is 31.7 Å². The van der Waals surface area contributed by atoms with Crippen molar-refractivity contribution in [2.24, 2.45) is 5.92 Å². The molecule has 168 valence electrons. The van der Waals surface area contributed by atoms with Gasteiger partial charge in [-0.1, -0.05) is 49.8 Å².